The molecule has 1 aliphatic heterocycles. The van der Waals surface area contributed by atoms with Crippen molar-refractivity contribution < 1.29 is 14.3 Å². The van der Waals surface area contributed by atoms with Crippen LogP contribution in [0.5, 0.6) is 5.75 Å². The van der Waals surface area contributed by atoms with Crippen LogP contribution in [0.2, 0.25) is 0 Å². The molecule has 0 aromatic heterocycles. The third-order valence-corrected chi connectivity index (χ3v) is 4.26. The smallest absolute Gasteiger partial charge is 0.314 e. The Balaban J connectivity index is 1.71. The SMILES string of the molecule is COc1ccc(CNC(=S)NNC(=O)[C@@H]2CCCN(C(N)=O)C2)cc1. The van der Waals surface area contributed by atoms with E-state index in [9.17, 15) is 9.59 Å². The molecule has 0 bridgehead atoms. The van der Waals surface area contributed by atoms with Crippen molar-refractivity contribution in [2.24, 2.45) is 11.7 Å². The first kappa shape index (κ1) is 18.8. The Hall–Kier alpha value is -2.55. The van der Waals surface area contributed by atoms with E-state index >= 15 is 0 Å². The van der Waals surface area contributed by atoms with Crippen molar-refractivity contribution in [1.82, 2.24) is 21.1 Å². The van der Waals surface area contributed by atoms with Crippen molar-refractivity contribution in [3.05, 3.63) is 29.8 Å². The molecule has 3 amide bonds. The summed E-state index contributed by atoms with van der Waals surface area (Å²) in [6, 6.07) is 7.08. The van der Waals surface area contributed by atoms with Gasteiger partial charge in [-0.2, -0.15) is 0 Å². The van der Waals surface area contributed by atoms with Gasteiger partial charge in [-0.25, -0.2) is 4.79 Å². The van der Waals surface area contributed by atoms with E-state index in [4.69, 9.17) is 22.7 Å². The number of nitrogens with zero attached hydrogens (tertiary/aromatic N) is 1. The minimum Gasteiger partial charge on any atom is -0.497 e. The van der Waals surface area contributed by atoms with Gasteiger partial charge in [-0.05, 0) is 42.8 Å². The van der Waals surface area contributed by atoms with Gasteiger partial charge in [0.1, 0.15) is 5.75 Å². The van der Waals surface area contributed by atoms with E-state index in [2.05, 4.69) is 16.2 Å². The summed E-state index contributed by atoms with van der Waals surface area (Å²) in [7, 11) is 1.62. The number of rotatable bonds is 4. The fraction of sp³-hybridized carbons (Fsp3) is 0.438. The van der Waals surface area contributed by atoms with E-state index in [1.54, 1.807) is 7.11 Å². The van der Waals surface area contributed by atoms with Gasteiger partial charge in [0.15, 0.2) is 5.11 Å². The third kappa shape index (κ3) is 5.79. The van der Waals surface area contributed by atoms with E-state index in [1.165, 1.54) is 4.90 Å². The Morgan fingerprint density at radius 3 is 2.68 bits per heavy atom. The average Bonchev–Trinajstić information content (AvgIpc) is 2.64. The Kier molecular flexibility index (Phi) is 6.81. The molecule has 1 saturated heterocycles. The number of likely N-dealkylation sites (tertiary alicyclic amines) is 1. The number of piperidine rings is 1. The van der Waals surface area contributed by atoms with Crippen molar-refractivity contribution in [3.63, 3.8) is 0 Å². The number of methoxy groups -OCH3 is 1. The lowest BCUT2D eigenvalue weighted by molar-refractivity contribution is -0.126. The first-order valence-electron chi connectivity index (χ1n) is 8.00. The first-order valence-corrected chi connectivity index (χ1v) is 8.41. The summed E-state index contributed by atoms with van der Waals surface area (Å²) in [6.07, 6.45) is 1.46. The minimum atomic E-state index is -0.498. The summed E-state index contributed by atoms with van der Waals surface area (Å²) in [5.41, 5.74) is 11.5. The van der Waals surface area contributed by atoms with Crippen molar-refractivity contribution in [2.45, 2.75) is 19.4 Å². The minimum absolute atomic E-state index is 0.209. The molecule has 0 spiro atoms. The molecule has 1 aromatic rings. The fourth-order valence-electron chi connectivity index (χ4n) is 2.58. The zero-order chi connectivity index (χ0) is 18.2. The number of amides is 3. The lowest BCUT2D eigenvalue weighted by atomic mass is 9.98. The number of hydrogen-bond donors (Lipinski definition) is 4. The molecule has 1 heterocycles. The van der Waals surface area contributed by atoms with Gasteiger partial charge < -0.3 is 20.7 Å². The van der Waals surface area contributed by atoms with Crippen molar-refractivity contribution in [2.75, 3.05) is 20.2 Å². The largest absolute Gasteiger partial charge is 0.497 e. The topological polar surface area (TPSA) is 109 Å². The zero-order valence-electron chi connectivity index (χ0n) is 14.1. The second-order valence-electron chi connectivity index (χ2n) is 5.77. The predicted molar refractivity (Wildman–Crippen MR) is 97.6 cm³/mol. The maximum Gasteiger partial charge on any atom is 0.314 e. The van der Waals surface area contributed by atoms with Crippen LogP contribution in [0, 0.1) is 5.92 Å². The van der Waals surface area contributed by atoms with Crippen LogP contribution in [0.3, 0.4) is 0 Å². The molecule has 1 fully saturated rings. The maximum atomic E-state index is 12.2. The summed E-state index contributed by atoms with van der Waals surface area (Å²) < 4.78 is 5.10. The molecular weight excluding hydrogens is 342 g/mol. The van der Waals surface area contributed by atoms with Crippen LogP contribution >= 0.6 is 12.2 Å². The van der Waals surface area contributed by atoms with Crippen LogP contribution in [-0.2, 0) is 11.3 Å². The molecule has 5 N–H and O–H groups in total. The molecule has 25 heavy (non-hydrogen) atoms. The van der Waals surface area contributed by atoms with E-state index in [0.717, 1.165) is 17.7 Å². The predicted octanol–water partition coefficient (Wildman–Crippen LogP) is 0.481. The zero-order valence-corrected chi connectivity index (χ0v) is 14.9. The highest BCUT2D eigenvalue weighted by Crippen LogP contribution is 2.16. The number of hydrogen-bond acceptors (Lipinski definition) is 4. The lowest BCUT2D eigenvalue weighted by Gasteiger charge is -2.30. The highest BCUT2D eigenvalue weighted by molar-refractivity contribution is 7.80. The summed E-state index contributed by atoms with van der Waals surface area (Å²) in [6.45, 7) is 1.44. The molecule has 0 unspecified atom stereocenters. The van der Waals surface area contributed by atoms with Crippen LogP contribution in [0.4, 0.5) is 4.79 Å². The number of primary amides is 1. The van der Waals surface area contributed by atoms with Gasteiger partial charge in [-0.3, -0.25) is 15.6 Å². The van der Waals surface area contributed by atoms with Gasteiger partial charge in [0.05, 0.1) is 13.0 Å². The number of carbonyl (C=O) groups excluding carboxylic acids is 2. The molecule has 2 rings (SSSR count). The molecule has 0 saturated carbocycles. The number of thiocarbonyl (C=S) groups is 1. The van der Waals surface area contributed by atoms with Gasteiger partial charge in [0.25, 0.3) is 0 Å². The Morgan fingerprint density at radius 2 is 2.04 bits per heavy atom. The van der Waals surface area contributed by atoms with E-state index < -0.39 is 6.03 Å². The Labute approximate surface area is 152 Å². The van der Waals surface area contributed by atoms with Crippen molar-refractivity contribution in [3.8, 4) is 5.75 Å². The van der Waals surface area contributed by atoms with Crippen LogP contribution in [0.15, 0.2) is 24.3 Å². The van der Waals surface area contributed by atoms with E-state index in [1.807, 2.05) is 24.3 Å². The molecule has 1 atom stereocenters. The van der Waals surface area contributed by atoms with Gasteiger partial charge in [-0.15, -0.1) is 0 Å². The number of nitrogens with one attached hydrogen (secondary N) is 3. The van der Waals surface area contributed by atoms with E-state index in [-0.39, 0.29) is 11.8 Å². The normalized spacial score (nSPS) is 16.7. The molecule has 136 valence electrons. The van der Waals surface area contributed by atoms with Crippen LogP contribution < -0.4 is 26.6 Å². The third-order valence-electron chi connectivity index (χ3n) is 4.02. The second-order valence-corrected chi connectivity index (χ2v) is 6.18. The average molecular weight is 365 g/mol. The van der Waals surface area contributed by atoms with Gasteiger partial charge >= 0.3 is 6.03 Å². The Bertz CT molecular complexity index is 623. The van der Waals surface area contributed by atoms with E-state index in [0.29, 0.717) is 31.2 Å². The molecule has 1 aliphatic rings. The monoisotopic (exact) mass is 365 g/mol. The highest BCUT2D eigenvalue weighted by atomic mass is 32.1. The quantitative estimate of drug-likeness (QED) is 0.457. The number of benzene rings is 1. The standard InChI is InChI=1S/C16H23N5O3S/c1-24-13-6-4-11(5-7-13)9-18-16(25)20-19-14(22)12-3-2-8-21(10-12)15(17)23/h4-7,12H,2-3,8-10H2,1H3,(H2,17,23)(H,19,22)(H2,18,20,25)/t12-/m1/s1. The maximum absolute atomic E-state index is 12.2. The summed E-state index contributed by atoms with van der Waals surface area (Å²) in [4.78, 5) is 24.9. The summed E-state index contributed by atoms with van der Waals surface area (Å²) in [5.74, 6) is 0.284. The Morgan fingerprint density at radius 1 is 1.32 bits per heavy atom. The van der Waals surface area contributed by atoms with Crippen LogP contribution in [0.25, 0.3) is 0 Å². The first-order chi connectivity index (χ1) is 12.0. The molecule has 1 aromatic carbocycles. The van der Waals surface area contributed by atoms with Gasteiger partial charge in [0.2, 0.25) is 5.91 Å². The molecule has 0 aliphatic carbocycles. The number of ether oxygens (including phenoxy) is 1. The summed E-state index contributed by atoms with van der Waals surface area (Å²) in [5, 5.41) is 3.31. The number of carbonyl (C=O) groups is 2. The van der Waals surface area contributed by atoms with Gasteiger partial charge in [-0.1, -0.05) is 12.1 Å². The fourth-order valence-corrected chi connectivity index (χ4v) is 2.70. The van der Waals surface area contributed by atoms with Crippen molar-refractivity contribution in [1.29, 1.82) is 0 Å². The molecule has 9 heteroatoms. The van der Waals surface area contributed by atoms with Crippen LogP contribution in [-0.4, -0.2) is 42.1 Å². The highest BCUT2D eigenvalue weighted by Gasteiger charge is 2.27. The number of urea groups is 1. The molecular formula is C16H23N5O3S. The van der Waals surface area contributed by atoms with Gasteiger partial charge in [0, 0.05) is 19.6 Å². The number of hydrazine groups is 1. The number of nitrogens with two attached hydrogens (primary N) is 1. The van der Waals surface area contributed by atoms with Crippen molar-refractivity contribution >= 4 is 29.3 Å². The lowest BCUT2D eigenvalue weighted by Crippen LogP contribution is -2.52. The second kappa shape index (κ2) is 9.07. The summed E-state index contributed by atoms with van der Waals surface area (Å²) >= 11 is 5.14. The van der Waals surface area contributed by atoms with Crippen LogP contribution in [0.1, 0.15) is 18.4 Å². The molecule has 0 radical (unpaired) electrons. The molecule has 8 nitrogen and oxygen atoms in total.